The molecule has 1 N–H and O–H groups in total. The van der Waals surface area contributed by atoms with Gasteiger partial charge in [0.2, 0.25) is 0 Å². The van der Waals surface area contributed by atoms with Crippen LogP contribution < -0.4 is 0 Å². The summed E-state index contributed by atoms with van der Waals surface area (Å²) in [4.78, 5) is 2.02. The Hall–Kier alpha value is -1.86. The average molecular weight is 339 g/mol. The van der Waals surface area contributed by atoms with Crippen molar-refractivity contribution in [2.45, 2.75) is 38.2 Å². The van der Waals surface area contributed by atoms with Crippen molar-refractivity contribution < 1.29 is 18.3 Å². The van der Waals surface area contributed by atoms with E-state index in [2.05, 4.69) is 5.10 Å². The van der Waals surface area contributed by atoms with Crippen molar-refractivity contribution >= 4 is 0 Å². The maximum atomic E-state index is 13.0. The Balaban J connectivity index is 1.87. The van der Waals surface area contributed by atoms with Gasteiger partial charge in [0.1, 0.15) is 0 Å². The number of hydrogen-bond acceptors (Lipinski definition) is 3. The van der Waals surface area contributed by atoms with Crippen LogP contribution in [0.4, 0.5) is 13.2 Å². The monoisotopic (exact) mass is 339 g/mol. The van der Waals surface area contributed by atoms with Crippen molar-refractivity contribution in [1.82, 2.24) is 14.7 Å². The van der Waals surface area contributed by atoms with E-state index in [0.717, 1.165) is 17.3 Å². The van der Waals surface area contributed by atoms with Crippen molar-refractivity contribution in [2.24, 2.45) is 7.05 Å². The van der Waals surface area contributed by atoms with E-state index in [1.165, 1.54) is 12.1 Å². The highest BCUT2D eigenvalue weighted by Crippen LogP contribution is 2.37. The van der Waals surface area contributed by atoms with E-state index in [9.17, 15) is 18.3 Å². The number of β-amino-alcohol motifs (C(OH)–C–C–N with tert-alkyl or cyclic N) is 1. The van der Waals surface area contributed by atoms with Crippen LogP contribution in [0.2, 0.25) is 0 Å². The fourth-order valence-corrected chi connectivity index (χ4v) is 3.24. The molecule has 0 aliphatic carbocycles. The number of alkyl halides is 3. The molecular formula is C17H20F3N3O. The summed E-state index contributed by atoms with van der Waals surface area (Å²) in [6.45, 7) is 2.95. The Morgan fingerprint density at radius 1 is 1.33 bits per heavy atom. The fourth-order valence-electron chi connectivity index (χ4n) is 3.24. The van der Waals surface area contributed by atoms with Crippen molar-refractivity contribution in [3.63, 3.8) is 0 Å². The highest BCUT2D eigenvalue weighted by molar-refractivity contribution is 5.29. The smallest absolute Gasteiger partial charge is 0.392 e. The molecule has 0 radical (unpaired) electrons. The van der Waals surface area contributed by atoms with E-state index in [4.69, 9.17) is 0 Å². The van der Waals surface area contributed by atoms with Gasteiger partial charge in [-0.3, -0.25) is 9.58 Å². The van der Waals surface area contributed by atoms with Crippen LogP contribution in [0.1, 0.15) is 34.8 Å². The largest absolute Gasteiger partial charge is 0.416 e. The van der Waals surface area contributed by atoms with E-state index in [-0.39, 0.29) is 6.04 Å². The number of aromatic nitrogens is 2. The van der Waals surface area contributed by atoms with Gasteiger partial charge in [-0.05, 0) is 31.0 Å². The van der Waals surface area contributed by atoms with Gasteiger partial charge in [0.25, 0.3) is 0 Å². The van der Waals surface area contributed by atoms with Crippen molar-refractivity contribution in [2.75, 3.05) is 6.54 Å². The quantitative estimate of drug-likeness (QED) is 0.934. The Kier molecular flexibility index (Phi) is 4.40. The fraction of sp³-hybridized carbons (Fsp3) is 0.471. The van der Waals surface area contributed by atoms with Crippen molar-refractivity contribution in [3.8, 4) is 0 Å². The van der Waals surface area contributed by atoms with E-state index < -0.39 is 17.8 Å². The first-order chi connectivity index (χ1) is 11.3. The number of halogens is 3. The van der Waals surface area contributed by atoms with E-state index >= 15 is 0 Å². The van der Waals surface area contributed by atoms with E-state index in [1.54, 1.807) is 16.9 Å². The van der Waals surface area contributed by atoms with Gasteiger partial charge in [-0.2, -0.15) is 18.3 Å². The van der Waals surface area contributed by atoms with Gasteiger partial charge in [-0.1, -0.05) is 12.1 Å². The highest BCUT2D eigenvalue weighted by Gasteiger charge is 2.35. The summed E-state index contributed by atoms with van der Waals surface area (Å²) >= 11 is 0. The molecule has 1 saturated heterocycles. The summed E-state index contributed by atoms with van der Waals surface area (Å²) < 4.78 is 40.6. The molecule has 7 heteroatoms. The lowest BCUT2D eigenvalue weighted by Gasteiger charge is -2.25. The summed E-state index contributed by atoms with van der Waals surface area (Å²) in [7, 11) is 1.85. The molecule has 3 rings (SSSR count). The first-order valence-electron chi connectivity index (χ1n) is 7.82. The number of aryl methyl sites for hydroxylation is 1. The standard InChI is InChI=1S/C17H20F3N3O/c1-11-13(8-21-22(11)2)9-23-10-15(24)7-16(23)12-4-3-5-14(6-12)17(18,19)20/h3-6,8,15-16,24H,7,9-10H2,1-2H3/t15-,16-/m1/s1. The second kappa shape index (κ2) is 6.22. The van der Waals surface area contributed by atoms with Gasteiger partial charge in [0, 0.05) is 37.4 Å². The minimum atomic E-state index is -4.36. The second-order valence-corrected chi connectivity index (χ2v) is 6.34. The maximum absolute atomic E-state index is 13.0. The summed E-state index contributed by atoms with van der Waals surface area (Å²) in [5.74, 6) is 0. The van der Waals surface area contributed by atoms with Gasteiger partial charge in [-0.25, -0.2) is 0 Å². The van der Waals surface area contributed by atoms with Gasteiger partial charge in [0.15, 0.2) is 0 Å². The molecule has 1 fully saturated rings. The van der Waals surface area contributed by atoms with Crippen LogP contribution >= 0.6 is 0 Å². The minimum absolute atomic E-state index is 0.234. The summed E-state index contributed by atoms with van der Waals surface area (Å²) in [5.41, 5.74) is 1.96. The molecule has 0 amide bonds. The molecule has 2 aromatic rings. The molecule has 1 aliphatic rings. The Labute approximate surface area is 138 Å². The topological polar surface area (TPSA) is 41.3 Å². The van der Waals surface area contributed by atoms with Crippen molar-refractivity contribution in [3.05, 3.63) is 52.8 Å². The zero-order valence-corrected chi connectivity index (χ0v) is 13.6. The number of hydrogen-bond donors (Lipinski definition) is 1. The van der Waals surface area contributed by atoms with Crippen LogP contribution in [0.15, 0.2) is 30.5 Å². The normalized spacial score (nSPS) is 22.2. The zero-order chi connectivity index (χ0) is 17.5. The summed E-state index contributed by atoms with van der Waals surface area (Å²) in [6.07, 6.45) is -2.71. The van der Waals surface area contributed by atoms with Crippen LogP contribution in [-0.4, -0.2) is 32.4 Å². The number of nitrogens with zero attached hydrogens (tertiary/aromatic N) is 3. The molecule has 2 atom stereocenters. The van der Waals surface area contributed by atoms with Crippen LogP contribution in [-0.2, 0) is 19.8 Å². The van der Waals surface area contributed by atoms with Gasteiger partial charge in [0.05, 0.1) is 17.9 Å². The number of aliphatic hydroxyl groups excluding tert-OH is 1. The predicted octanol–water partition coefficient (Wildman–Crippen LogP) is 3.06. The zero-order valence-electron chi connectivity index (χ0n) is 13.6. The van der Waals surface area contributed by atoms with E-state index in [0.29, 0.717) is 25.1 Å². The van der Waals surface area contributed by atoms with Gasteiger partial charge < -0.3 is 5.11 Å². The van der Waals surface area contributed by atoms with Crippen LogP contribution in [0.25, 0.3) is 0 Å². The molecule has 1 aromatic heterocycles. The Morgan fingerprint density at radius 3 is 2.71 bits per heavy atom. The summed E-state index contributed by atoms with van der Waals surface area (Å²) in [6, 6.07) is 5.15. The SMILES string of the molecule is Cc1c(CN2C[C@H](O)C[C@@H]2c2cccc(C(F)(F)F)c2)cnn1C. The third-order valence-electron chi connectivity index (χ3n) is 4.69. The van der Waals surface area contributed by atoms with Gasteiger partial charge >= 0.3 is 6.18 Å². The number of benzene rings is 1. The molecule has 1 aliphatic heterocycles. The molecule has 1 aromatic carbocycles. The lowest BCUT2D eigenvalue weighted by atomic mass is 10.0. The van der Waals surface area contributed by atoms with Crippen LogP contribution in [0.5, 0.6) is 0 Å². The molecule has 24 heavy (non-hydrogen) atoms. The van der Waals surface area contributed by atoms with Gasteiger partial charge in [-0.15, -0.1) is 0 Å². The lowest BCUT2D eigenvalue weighted by Crippen LogP contribution is -2.24. The lowest BCUT2D eigenvalue weighted by molar-refractivity contribution is -0.137. The average Bonchev–Trinajstić information content (AvgIpc) is 3.04. The number of likely N-dealkylation sites (tertiary alicyclic amines) is 1. The first-order valence-corrected chi connectivity index (χ1v) is 7.82. The van der Waals surface area contributed by atoms with Crippen LogP contribution in [0, 0.1) is 6.92 Å². The third-order valence-corrected chi connectivity index (χ3v) is 4.69. The number of aliphatic hydroxyl groups is 1. The molecule has 0 spiro atoms. The summed E-state index contributed by atoms with van der Waals surface area (Å²) in [5, 5.41) is 14.2. The van der Waals surface area contributed by atoms with E-state index in [1.807, 2.05) is 18.9 Å². The van der Waals surface area contributed by atoms with Crippen molar-refractivity contribution in [1.29, 1.82) is 0 Å². The number of rotatable bonds is 3. The maximum Gasteiger partial charge on any atom is 0.416 e. The predicted molar refractivity (Wildman–Crippen MR) is 83.2 cm³/mol. The molecule has 0 unspecified atom stereocenters. The minimum Gasteiger partial charge on any atom is -0.392 e. The Bertz CT molecular complexity index is 726. The molecule has 2 heterocycles. The highest BCUT2D eigenvalue weighted by atomic mass is 19.4. The molecular weight excluding hydrogens is 319 g/mol. The second-order valence-electron chi connectivity index (χ2n) is 6.34. The molecule has 0 saturated carbocycles. The first kappa shape index (κ1) is 17.0. The molecule has 4 nitrogen and oxygen atoms in total. The third kappa shape index (κ3) is 3.32. The molecule has 0 bridgehead atoms. The van der Waals surface area contributed by atoms with Crippen LogP contribution in [0.3, 0.4) is 0 Å². The Morgan fingerprint density at radius 2 is 2.08 bits per heavy atom. The molecule has 130 valence electrons.